The standard InChI is InChI=1S/C15H20FNO3/c1-10(7-17-8-12(9-17)15(18)19)5-11-3-4-14(20-2)13(16)6-11/h3-4,6,10,12H,5,7-9H2,1-2H3,(H,18,19). The van der Waals surface area contributed by atoms with E-state index in [-0.39, 0.29) is 17.5 Å². The number of carboxylic acid groups (broad SMARTS) is 1. The minimum atomic E-state index is -0.717. The van der Waals surface area contributed by atoms with Gasteiger partial charge in [-0.25, -0.2) is 4.39 Å². The van der Waals surface area contributed by atoms with Gasteiger partial charge in [0.15, 0.2) is 11.6 Å². The third kappa shape index (κ3) is 3.48. The molecule has 5 heteroatoms. The lowest BCUT2D eigenvalue weighted by atomic mass is 9.95. The predicted octanol–water partition coefficient (Wildman–Crippen LogP) is 2.03. The predicted molar refractivity (Wildman–Crippen MR) is 73.4 cm³/mol. The number of nitrogens with zero attached hydrogens (tertiary/aromatic N) is 1. The molecule has 1 fully saturated rings. The first kappa shape index (κ1) is 14.8. The summed E-state index contributed by atoms with van der Waals surface area (Å²) in [5.74, 6) is -0.662. The van der Waals surface area contributed by atoms with E-state index in [1.165, 1.54) is 13.2 Å². The number of aliphatic carboxylic acids is 1. The van der Waals surface area contributed by atoms with Crippen LogP contribution in [0.5, 0.6) is 5.75 Å². The van der Waals surface area contributed by atoms with Crippen LogP contribution in [-0.4, -0.2) is 42.7 Å². The van der Waals surface area contributed by atoms with Crippen molar-refractivity contribution in [3.63, 3.8) is 0 Å². The van der Waals surface area contributed by atoms with Crippen LogP contribution in [0.2, 0.25) is 0 Å². The highest BCUT2D eigenvalue weighted by Crippen LogP contribution is 2.22. The highest BCUT2D eigenvalue weighted by molar-refractivity contribution is 5.71. The molecule has 0 aliphatic carbocycles. The van der Waals surface area contributed by atoms with Gasteiger partial charge in [0.2, 0.25) is 0 Å². The van der Waals surface area contributed by atoms with Crippen molar-refractivity contribution in [2.24, 2.45) is 11.8 Å². The van der Waals surface area contributed by atoms with Crippen LogP contribution >= 0.6 is 0 Å². The molecule has 1 aliphatic rings. The number of hydrogen-bond donors (Lipinski definition) is 1. The molecule has 1 saturated heterocycles. The molecule has 4 nitrogen and oxygen atoms in total. The molecule has 0 saturated carbocycles. The second kappa shape index (κ2) is 6.22. The van der Waals surface area contributed by atoms with E-state index in [0.29, 0.717) is 19.0 Å². The molecule has 0 amide bonds. The van der Waals surface area contributed by atoms with Crippen molar-refractivity contribution < 1.29 is 19.0 Å². The monoisotopic (exact) mass is 281 g/mol. The summed E-state index contributed by atoms with van der Waals surface area (Å²) in [6, 6.07) is 5.02. The van der Waals surface area contributed by atoms with Crippen LogP contribution in [0, 0.1) is 17.7 Å². The zero-order valence-electron chi connectivity index (χ0n) is 11.8. The molecule has 0 radical (unpaired) electrons. The molecule has 1 aromatic rings. The molecule has 1 atom stereocenters. The largest absolute Gasteiger partial charge is 0.494 e. The lowest BCUT2D eigenvalue weighted by Gasteiger charge is -2.38. The molecule has 1 heterocycles. The quantitative estimate of drug-likeness (QED) is 0.867. The SMILES string of the molecule is COc1ccc(CC(C)CN2CC(C(=O)O)C2)cc1F. The number of carbonyl (C=O) groups is 1. The summed E-state index contributed by atoms with van der Waals surface area (Å²) < 4.78 is 18.5. The smallest absolute Gasteiger partial charge is 0.309 e. The van der Waals surface area contributed by atoms with Crippen molar-refractivity contribution in [1.29, 1.82) is 0 Å². The van der Waals surface area contributed by atoms with Crippen molar-refractivity contribution in [3.8, 4) is 5.75 Å². The Balaban J connectivity index is 1.82. The molecule has 0 spiro atoms. The van der Waals surface area contributed by atoms with Gasteiger partial charge in [0.05, 0.1) is 13.0 Å². The van der Waals surface area contributed by atoms with Gasteiger partial charge in [-0.15, -0.1) is 0 Å². The Bertz CT molecular complexity index is 486. The molecule has 20 heavy (non-hydrogen) atoms. The fraction of sp³-hybridized carbons (Fsp3) is 0.533. The second-order valence-electron chi connectivity index (χ2n) is 5.53. The fourth-order valence-electron chi connectivity index (χ4n) is 2.62. The Kier molecular flexibility index (Phi) is 4.60. The molecular formula is C15H20FNO3. The van der Waals surface area contributed by atoms with Crippen LogP contribution in [0.15, 0.2) is 18.2 Å². The molecule has 1 aliphatic heterocycles. The molecule has 0 aromatic heterocycles. The average molecular weight is 281 g/mol. The van der Waals surface area contributed by atoms with Gasteiger partial charge < -0.3 is 14.7 Å². The molecular weight excluding hydrogens is 261 g/mol. The fourth-order valence-corrected chi connectivity index (χ4v) is 2.62. The molecule has 110 valence electrons. The molecule has 1 N–H and O–H groups in total. The Hall–Kier alpha value is -1.62. The van der Waals surface area contributed by atoms with Gasteiger partial charge in [-0.2, -0.15) is 0 Å². The normalized spacial score (nSPS) is 17.6. The van der Waals surface area contributed by atoms with E-state index in [4.69, 9.17) is 9.84 Å². The lowest BCUT2D eigenvalue weighted by Crippen LogP contribution is -2.51. The first-order valence-corrected chi connectivity index (χ1v) is 6.77. The van der Waals surface area contributed by atoms with E-state index in [1.54, 1.807) is 6.07 Å². The third-order valence-corrected chi connectivity index (χ3v) is 3.68. The van der Waals surface area contributed by atoms with Crippen molar-refractivity contribution >= 4 is 5.97 Å². The van der Waals surface area contributed by atoms with Gasteiger partial charge in [0.1, 0.15) is 0 Å². The minimum absolute atomic E-state index is 0.222. The van der Waals surface area contributed by atoms with Gasteiger partial charge >= 0.3 is 5.97 Å². The second-order valence-corrected chi connectivity index (χ2v) is 5.53. The maximum atomic E-state index is 13.6. The van der Waals surface area contributed by atoms with Crippen LogP contribution in [0.25, 0.3) is 0 Å². The van der Waals surface area contributed by atoms with Crippen molar-refractivity contribution in [2.45, 2.75) is 13.3 Å². The highest BCUT2D eigenvalue weighted by atomic mass is 19.1. The van der Waals surface area contributed by atoms with Crippen LogP contribution in [-0.2, 0) is 11.2 Å². The molecule has 0 bridgehead atoms. The van der Waals surface area contributed by atoms with Crippen LogP contribution < -0.4 is 4.74 Å². The first-order chi connectivity index (χ1) is 9.49. The van der Waals surface area contributed by atoms with E-state index >= 15 is 0 Å². The number of benzene rings is 1. The van der Waals surface area contributed by atoms with Crippen molar-refractivity contribution in [3.05, 3.63) is 29.6 Å². The molecule has 2 rings (SSSR count). The first-order valence-electron chi connectivity index (χ1n) is 6.77. The molecule has 1 unspecified atom stereocenters. The van der Waals surface area contributed by atoms with Gasteiger partial charge in [0.25, 0.3) is 0 Å². The maximum absolute atomic E-state index is 13.6. The van der Waals surface area contributed by atoms with E-state index in [0.717, 1.165) is 18.5 Å². The van der Waals surface area contributed by atoms with E-state index in [9.17, 15) is 9.18 Å². The maximum Gasteiger partial charge on any atom is 0.309 e. The Labute approximate surface area is 118 Å². The van der Waals surface area contributed by atoms with E-state index < -0.39 is 5.97 Å². The van der Waals surface area contributed by atoms with Gasteiger partial charge in [0, 0.05) is 19.6 Å². The van der Waals surface area contributed by atoms with Crippen molar-refractivity contribution in [1.82, 2.24) is 4.90 Å². The zero-order valence-corrected chi connectivity index (χ0v) is 11.8. The summed E-state index contributed by atoms with van der Waals surface area (Å²) in [4.78, 5) is 12.8. The Morgan fingerprint density at radius 1 is 1.55 bits per heavy atom. The number of hydrogen-bond acceptors (Lipinski definition) is 3. The summed E-state index contributed by atoms with van der Waals surface area (Å²) in [5.41, 5.74) is 0.936. The van der Waals surface area contributed by atoms with Crippen LogP contribution in [0.3, 0.4) is 0 Å². The number of likely N-dealkylation sites (tertiary alicyclic amines) is 1. The summed E-state index contributed by atoms with van der Waals surface area (Å²) in [6.45, 7) is 4.18. The summed E-state index contributed by atoms with van der Waals surface area (Å²) in [6.07, 6.45) is 0.773. The van der Waals surface area contributed by atoms with Gasteiger partial charge in [-0.05, 0) is 30.0 Å². The number of halogens is 1. The number of carboxylic acids is 1. The van der Waals surface area contributed by atoms with Gasteiger partial charge in [-0.1, -0.05) is 13.0 Å². The van der Waals surface area contributed by atoms with Crippen LogP contribution in [0.4, 0.5) is 4.39 Å². The third-order valence-electron chi connectivity index (χ3n) is 3.68. The van der Waals surface area contributed by atoms with Crippen molar-refractivity contribution in [2.75, 3.05) is 26.7 Å². The number of ether oxygens (including phenoxy) is 1. The zero-order chi connectivity index (χ0) is 14.7. The summed E-state index contributed by atoms with van der Waals surface area (Å²) in [5, 5.41) is 8.82. The summed E-state index contributed by atoms with van der Waals surface area (Å²) >= 11 is 0. The minimum Gasteiger partial charge on any atom is -0.494 e. The number of rotatable bonds is 6. The van der Waals surface area contributed by atoms with Crippen LogP contribution in [0.1, 0.15) is 12.5 Å². The average Bonchev–Trinajstić information content (AvgIpc) is 2.33. The van der Waals surface area contributed by atoms with E-state index in [2.05, 4.69) is 11.8 Å². The summed E-state index contributed by atoms with van der Waals surface area (Å²) in [7, 11) is 1.45. The highest BCUT2D eigenvalue weighted by Gasteiger charge is 2.32. The topological polar surface area (TPSA) is 49.8 Å². The number of methoxy groups -OCH3 is 1. The lowest BCUT2D eigenvalue weighted by molar-refractivity contribution is -0.147. The molecule has 1 aromatic carbocycles. The van der Waals surface area contributed by atoms with Gasteiger partial charge in [-0.3, -0.25) is 4.79 Å². The Morgan fingerprint density at radius 3 is 2.80 bits per heavy atom. The van der Waals surface area contributed by atoms with E-state index in [1.807, 2.05) is 6.07 Å². The Morgan fingerprint density at radius 2 is 2.25 bits per heavy atom.